The Kier molecular flexibility index (Phi) is 4.77. The van der Waals surface area contributed by atoms with Crippen LogP contribution in [0.1, 0.15) is 20.3 Å². The minimum atomic E-state index is -0.355. The van der Waals surface area contributed by atoms with Gasteiger partial charge in [0.2, 0.25) is 0 Å². The molecule has 0 unspecified atom stereocenters. The molecular formula is C16H22N4O2S. The van der Waals surface area contributed by atoms with Crippen LogP contribution in [0.4, 0.5) is 10.8 Å². The summed E-state index contributed by atoms with van der Waals surface area (Å²) in [4.78, 5) is 20.0. The van der Waals surface area contributed by atoms with Crippen LogP contribution in [-0.4, -0.2) is 47.5 Å². The van der Waals surface area contributed by atoms with Crippen molar-refractivity contribution in [2.24, 2.45) is 5.92 Å². The van der Waals surface area contributed by atoms with Crippen LogP contribution in [0.3, 0.4) is 0 Å². The van der Waals surface area contributed by atoms with E-state index >= 15 is 0 Å². The largest absolute Gasteiger partial charge is 0.345 e. The van der Waals surface area contributed by atoms with Gasteiger partial charge in [-0.05, 0) is 24.9 Å². The smallest absolute Gasteiger partial charge is 0.270 e. The number of hydrogen-bond acceptors (Lipinski definition) is 6. The van der Waals surface area contributed by atoms with Crippen LogP contribution in [0.5, 0.6) is 0 Å². The Balaban J connectivity index is 1.66. The number of benzene rings is 1. The SMILES string of the molecule is CC(C)CCN1CCN(c2nc3ccc([N+](=O)[O-])cc3s2)CC1. The number of nitro benzene ring substituents is 1. The Labute approximate surface area is 139 Å². The van der Waals surface area contributed by atoms with E-state index in [1.54, 1.807) is 23.5 Å². The van der Waals surface area contributed by atoms with Crippen LogP contribution >= 0.6 is 11.3 Å². The summed E-state index contributed by atoms with van der Waals surface area (Å²) in [6, 6.07) is 4.89. The molecule has 124 valence electrons. The lowest BCUT2D eigenvalue weighted by Gasteiger charge is -2.34. The Hall–Kier alpha value is -1.73. The molecule has 6 nitrogen and oxygen atoms in total. The number of rotatable bonds is 5. The van der Waals surface area contributed by atoms with Crippen molar-refractivity contribution in [3.05, 3.63) is 28.3 Å². The highest BCUT2D eigenvalue weighted by atomic mass is 32.1. The fraction of sp³-hybridized carbons (Fsp3) is 0.562. The number of anilines is 1. The topological polar surface area (TPSA) is 62.5 Å². The number of aromatic nitrogens is 1. The number of nitro groups is 1. The van der Waals surface area contributed by atoms with Gasteiger partial charge in [-0.1, -0.05) is 25.2 Å². The molecule has 7 heteroatoms. The molecule has 1 aliphatic rings. The zero-order valence-electron chi connectivity index (χ0n) is 13.6. The number of non-ortho nitro benzene ring substituents is 1. The van der Waals surface area contributed by atoms with E-state index in [1.807, 2.05) is 0 Å². The Morgan fingerprint density at radius 1 is 1.30 bits per heavy atom. The third-order valence-corrected chi connectivity index (χ3v) is 5.32. The van der Waals surface area contributed by atoms with Crippen molar-refractivity contribution in [3.8, 4) is 0 Å². The summed E-state index contributed by atoms with van der Waals surface area (Å²) in [5, 5.41) is 11.8. The molecule has 0 amide bonds. The molecule has 1 fully saturated rings. The van der Waals surface area contributed by atoms with Crippen LogP contribution in [-0.2, 0) is 0 Å². The zero-order valence-corrected chi connectivity index (χ0v) is 14.4. The first-order valence-electron chi connectivity index (χ1n) is 8.05. The number of piperazine rings is 1. The Morgan fingerprint density at radius 2 is 2.04 bits per heavy atom. The average Bonchev–Trinajstić information content (AvgIpc) is 2.96. The van der Waals surface area contributed by atoms with Crippen molar-refractivity contribution in [1.82, 2.24) is 9.88 Å². The lowest BCUT2D eigenvalue weighted by molar-refractivity contribution is -0.384. The van der Waals surface area contributed by atoms with E-state index < -0.39 is 0 Å². The van der Waals surface area contributed by atoms with Crippen LogP contribution < -0.4 is 4.90 Å². The van der Waals surface area contributed by atoms with Gasteiger partial charge < -0.3 is 4.90 Å². The normalized spacial score (nSPS) is 16.4. The summed E-state index contributed by atoms with van der Waals surface area (Å²) >= 11 is 1.55. The highest BCUT2D eigenvalue weighted by molar-refractivity contribution is 7.22. The molecule has 23 heavy (non-hydrogen) atoms. The minimum absolute atomic E-state index is 0.131. The molecule has 0 saturated carbocycles. The van der Waals surface area contributed by atoms with E-state index in [2.05, 4.69) is 28.6 Å². The average molecular weight is 334 g/mol. The second kappa shape index (κ2) is 6.80. The molecule has 1 aliphatic heterocycles. The Bertz CT molecular complexity index is 692. The lowest BCUT2D eigenvalue weighted by Crippen LogP contribution is -2.46. The molecule has 0 N–H and O–H groups in total. The summed E-state index contributed by atoms with van der Waals surface area (Å²) in [5.41, 5.74) is 0.976. The molecule has 2 heterocycles. The number of thiazole rings is 1. The van der Waals surface area contributed by atoms with Crippen LogP contribution in [0.2, 0.25) is 0 Å². The van der Waals surface area contributed by atoms with Gasteiger partial charge >= 0.3 is 0 Å². The first-order valence-corrected chi connectivity index (χ1v) is 8.87. The third kappa shape index (κ3) is 3.79. The molecule has 2 aromatic rings. The third-order valence-electron chi connectivity index (χ3n) is 4.24. The van der Waals surface area contributed by atoms with Crippen LogP contribution in [0.25, 0.3) is 10.2 Å². The fourth-order valence-electron chi connectivity index (χ4n) is 2.75. The van der Waals surface area contributed by atoms with Crippen molar-refractivity contribution in [3.63, 3.8) is 0 Å². The maximum absolute atomic E-state index is 10.9. The van der Waals surface area contributed by atoms with E-state index in [4.69, 9.17) is 0 Å². The van der Waals surface area contributed by atoms with Gasteiger partial charge in [-0.2, -0.15) is 0 Å². The van der Waals surface area contributed by atoms with Crippen molar-refractivity contribution in [2.45, 2.75) is 20.3 Å². The highest BCUT2D eigenvalue weighted by Crippen LogP contribution is 2.31. The lowest BCUT2D eigenvalue weighted by atomic mass is 10.1. The molecule has 0 radical (unpaired) electrons. The quantitative estimate of drug-likeness (QED) is 0.620. The summed E-state index contributed by atoms with van der Waals surface area (Å²) in [6.45, 7) is 9.75. The van der Waals surface area contributed by atoms with E-state index in [9.17, 15) is 10.1 Å². The summed E-state index contributed by atoms with van der Waals surface area (Å²) in [5.74, 6) is 0.744. The molecule has 3 rings (SSSR count). The molecular weight excluding hydrogens is 312 g/mol. The van der Waals surface area contributed by atoms with Crippen molar-refractivity contribution < 1.29 is 4.92 Å². The summed E-state index contributed by atoms with van der Waals surface area (Å²) in [7, 11) is 0. The maximum atomic E-state index is 10.9. The van der Waals surface area contributed by atoms with Gasteiger partial charge in [-0.25, -0.2) is 4.98 Å². The minimum Gasteiger partial charge on any atom is -0.345 e. The molecule has 1 aromatic heterocycles. The fourth-order valence-corrected chi connectivity index (χ4v) is 3.80. The van der Waals surface area contributed by atoms with Gasteiger partial charge in [0.25, 0.3) is 5.69 Å². The van der Waals surface area contributed by atoms with Gasteiger partial charge in [0.15, 0.2) is 5.13 Å². The first kappa shape index (κ1) is 16.1. The molecule has 0 bridgehead atoms. The van der Waals surface area contributed by atoms with Crippen LogP contribution in [0, 0.1) is 16.0 Å². The molecule has 0 spiro atoms. The molecule has 0 atom stereocenters. The molecule has 1 saturated heterocycles. The standard InChI is InChI=1S/C16H22N4O2S/c1-12(2)5-6-18-7-9-19(10-8-18)16-17-14-4-3-13(20(21)22)11-15(14)23-16/h3-4,11-12H,5-10H2,1-2H3. The summed E-state index contributed by atoms with van der Waals surface area (Å²) < 4.78 is 0.886. The van der Waals surface area contributed by atoms with Gasteiger partial charge in [0.05, 0.1) is 15.1 Å². The molecule has 0 aliphatic carbocycles. The summed E-state index contributed by atoms with van der Waals surface area (Å²) in [6.07, 6.45) is 1.24. The highest BCUT2D eigenvalue weighted by Gasteiger charge is 2.20. The van der Waals surface area contributed by atoms with Gasteiger partial charge in [0.1, 0.15) is 0 Å². The van der Waals surface area contributed by atoms with E-state index in [1.165, 1.54) is 12.5 Å². The first-order chi connectivity index (χ1) is 11.0. The number of hydrogen-bond donors (Lipinski definition) is 0. The van der Waals surface area contributed by atoms with Gasteiger partial charge in [-0.3, -0.25) is 15.0 Å². The van der Waals surface area contributed by atoms with Crippen molar-refractivity contribution in [1.29, 1.82) is 0 Å². The zero-order chi connectivity index (χ0) is 16.4. The van der Waals surface area contributed by atoms with Gasteiger partial charge in [-0.15, -0.1) is 0 Å². The predicted molar refractivity (Wildman–Crippen MR) is 94.4 cm³/mol. The van der Waals surface area contributed by atoms with E-state index in [0.717, 1.165) is 54.0 Å². The van der Waals surface area contributed by atoms with Crippen molar-refractivity contribution >= 4 is 32.4 Å². The van der Waals surface area contributed by atoms with Crippen molar-refractivity contribution in [2.75, 3.05) is 37.6 Å². The van der Waals surface area contributed by atoms with E-state index in [-0.39, 0.29) is 10.6 Å². The second-order valence-corrected chi connectivity index (χ2v) is 7.43. The second-order valence-electron chi connectivity index (χ2n) is 6.42. The number of fused-ring (bicyclic) bond motifs is 1. The van der Waals surface area contributed by atoms with Crippen LogP contribution in [0.15, 0.2) is 18.2 Å². The number of nitrogens with zero attached hydrogens (tertiary/aromatic N) is 4. The predicted octanol–water partition coefficient (Wildman–Crippen LogP) is 3.37. The van der Waals surface area contributed by atoms with E-state index in [0.29, 0.717) is 0 Å². The molecule has 1 aromatic carbocycles. The maximum Gasteiger partial charge on any atom is 0.270 e. The Morgan fingerprint density at radius 3 is 2.70 bits per heavy atom. The van der Waals surface area contributed by atoms with Gasteiger partial charge in [0, 0.05) is 38.3 Å². The monoisotopic (exact) mass is 334 g/mol.